The summed E-state index contributed by atoms with van der Waals surface area (Å²) < 4.78 is 60.9. The summed E-state index contributed by atoms with van der Waals surface area (Å²) >= 11 is 0. The summed E-state index contributed by atoms with van der Waals surface area (Å²) in [5, 5.41) is 0. The zero-order chi connectivity index (χ0) is 31.1. The topological polar surface area (TPSA) is 71.1 Å². The molecule has 43 heavy (non-hydrogen) atoms. The Bertz CT molecular complexity index is 1290. The van der Waals surface area contributed by atoms with E-state index in [1.54, 1.807) is 30.3 Å². The van der Waals surface area contributed by atoms with Gasteiger partial charge in [0.2, 0.25) is 0 Å². The van der Waals surface area contributed by atoms with Crippen LogP contribution in [0.3, 0.4) is 0 Å². The molecule has 1 atom stereocenters. The van der Waals surface area contributed by atoms with Crippen molar-refractivity contribution in [3.8, 4) is 22.6 Å². The van der Waals surface area contributed by atoms with E-state index >= 15 is 0 Å². The van der Waals surface area contributed by atoms with Gasteiger partial charge < -0.3 is 18.9 Å². The van der Waals surface area contributed by atoms with Crippen LogP contribution < -0.4 is 9.47 Å². The lowest BCUT2D eigenvalue weighted by Gasteiger charge is -2.20. The molecule has 0 heterocycles. The van der Waals surface area contributed by atoms with Crippen LogP contribution >= 0.6 is 0 Å². The van der Waals surface area contributed by atoms with Gasteiger partial charge in [-0.1, -0.05) is 69.5 Å². The molecule has 3 aromatic rings. The van der Waals surface area contributed by atoms with Crippen LogP contribution in [0, 0.1) is 0 Å². The van der Waals surface area contributed by atoms with Crippen LogP contribution in [0.15, 0.2) is 85.5 Å². The van der Waals surface area contributed by atoms with E-state index in [0.717, 1.165) is 42.6 Å². The van der Waals surface area contributed by atoms with Crippen molar-refractivity contribution in [2.45, 2.75) is 57.7 Å². The van der Waals surface area contributed by atoms with E-state index in [9.17, 15) is 22.8 Å². The molecule has 0 N–H and O–H groups in total. The molecule has 0 aliphatic carbocycles. The van der Waals surface area contributed by atoms with Gasteiger partial charge in [0.15, 0.2) is 6.10 Å². The second-order valence-corrected chi connectivity index (χ2v) is 9.86. The first-order valence-electron chi connectivity index (χ1n) is 14.3. The largest absolute Gasteiger partial charge is 0.490 e. The quantitative estimate of drug-likeness (QED) is 0.0671. The van der Waals surface area contributed by atoms with Gasteiger partial charge in [-0.05, 0) is 66.1 Å². The smallest absolute Gasteiger partial charge is 0.414 e. The predicted octanol–water partition coefficient (Wildman–Crippen LogP) is 8.60. The predicted molar refractivity (Wildman–Crippen MR) is 158 cm³/mol. The van der Waals surface area contributed by atoms with Gasteiger partial charge in [0.05, 0.1) is 17.7 Å². The summed E-state index contributed by atoms with van der Waals surface area (Å²) in [6.07, 6.45) is -0.952. The molecule has 9 heteroatoms. The van der Waals surface area contributed by atoms with Crippen LogP contribution in [-0.2, 0) is 9.47 Å². The summed E-state index contributed by atoms with van der Waals surface area (Å²) in [4.78, 5) is 25.0. The highest BCUT2D eigenvalue weighted by Gasteiger charge is 2.40. The van der Waals surface area contributed by atoms with E-state index in [0.29, 0.717) is 18.6 Å². The van der Waals surface area contributed by atoms with Gasteiger partial charge in [-0.15, -0.1) is 0 Å². The average molecular weight is 599 g/mol. The van der Waals surface area contributed by atoms with Crippen molar-refractivity contribution in [1.29, 1.82) is 0 Å². The Labute approximate surface area is 250 Å². The van der Waals surface area contributed by atoms with Crippen molar-refractivity contribution in [1.82, 2.24) is 0 Å². The molecular weight excluding hydrogens is 561 g/mol. The second-order valence-electron chi connectivity index (χ2n) is 9.86. The minimum absolute atomic E-state index is 0.00644. The van der Waals surface area contributed by atoms with Crippen molar-refractivity contribution in [2.75, 3.05) is 19.8 Å². The highest BCUT2D eigenvalue weighted by Crippen LogP contribution is 2.26. The van der Waals surface area contributed by atoms with Crippen molar-refractivity contribution >= 4 is 11.9 Å². The molecule has 0 spiro atoms. The molecule has 0 aliphatic rings. The van der Waals surface area contributed by atoms with Crippen LogP contribution in [-0.4, -0.2) is 44.0 Å². The number of carbonyl (C=O) groups excluding carboxylic acids is 2. The average Bonchev–Trinajstić information content (AvgIpc) is 3.01. The maximum Gasteiger partial charge on any atom is 0.414 e. The molecule has 3 aromatic carbocycles. The molecular formula is C34H37F3O6. The Morgan fingerprint density at radius 1 is 0.767 bits per heavy atom. The number of rotatable bonds is 17. The van der Waals surface area contributed by atoms with Gasteiger partial charge in [-0.25, -0.2) is 9.59 Å². The fourth-order valence-corrected chi connectivity index (χ4v) is 4.14. The fourth-order valence-electron chi connectivity index (χ4n) is 4.14. The molecule has 0 radical (unpaired) electrons. The zero-order valence-electron chi connectivity index (χ0n) is 24.2. The number of esters is 2. The Morgan fingerprint density at radius 2 is 1.33 bits per heavy atom. The van der Waals surface area contributed by atoms with E-state index in [1.807, 2.05) is 24.3 Å². The highest BCUT2D eigenvalue weighted by atomic mass is 19.4. The summed E-state index contributed by atoms with van der Waals surface area (Å²) in [6.45, 7) is 5.66. The second kappa shape index (κ2) is 17.1. The van der Waals surface area contributed by atoms with E-state index in [4.69, 9.17) is 18.9 Å². The van der Waals surface area contributed by atoms with E-state index < -0.39 is 37.2 Å². The first-order chi connectivity index (χ1) is 20.7. The van der Waals surface area contributed by atoms with Crippen LogP contribution in [0.25, 0.3) is 11.1 Å². The Hall–Kier alpha value is -4.11. The fraction of sp³-hybridized carbons (Fsp3) is 0.353. The van der Waals surface area contributed by atoms with E-state index in [2.05, 4.69) is 13.5 Å². The number of benzene rings is 3. The highest BCUT2D eigenvalue weighted by molar-refractivity contribution is 5.92. The number of hydrogen-bond acceptors (Lipinski definition) is 6. The molecule has 0 fully saturated rings. The van der Waals surface area contributed by atoms with Gasteiger partial charge in [-0.2, -0.15) is 13.2 Å². The third-order valence-electron chi connectivity index (χ3n) is 6.52. The lowest BCUT2D eigenvalue weighted by Crippen LogP contribution is -2.33. The normalized spacial score (nSPS) is 11.9. The molecule has 0 amide bonds. The monoisotopic (exact) mass is 598 g/mol. The molecule has 0 aliphatic heterocycles. The van der Waals surface area contributed by atoms with Crippen molar-refractivity contribution in [3.63, 3.8) is 0 Å². The summed E-state index contributed by atoms with van der Waals surface area (Å²) in [6, 6.07) is 20.0. The molecule has 0 aromatic heterocycles. The Balaban J connectivity index is 1.46. The molecule has 230 valence electrons. The van der Waals surface area contributed by atoms with Gasteiger partial charge in [0.1, 0.15) is 18.1 Å². The molecule has 1 unspecified atom stereocenters. The van der Waals surface area contributed by atoms with Crippen molar-refractivity contribution in [3.05, 3.63) is 96.6 Å². The number of alkyl halides is 3. The van der Waals surface area contributed by atoms with Crippen LogP contribution in [0.5, 0.6) is 11.5 Å². The number of ether oxygens (including phenoxy) is 4. The zero-order valence-corrected chi connectivity index (χ0v) is 24.2. The summed E-state index contributed by atoms with van der Waals surface area (Å²) in [5.74, 6) is -0.440. The molecule has 0 saturated heterocycles. The van der Waals surface area contributed by atoms with Gasteiger partial charge >= 0.3 is 18.1 Å². The first-order valence-corrected chi connectivity index (χ1v) is 14.3. The third-order valence-corrected chi connectivity index (χ3v) is 6.52. The maximum atomic E-state index is 13.3. The maximum absolute atomic E-state index is 13.3. The van der Waals surface area contributed by atoms with Gasteiger partial charge in [0.25, 0.3) is 0 Å². The summed E-state index contributed by atoms with van der Waals surface area (Å²) in [5.41, 5.74) is 2.31. The van der Waals surface area contributed by atoms with Crippen molar-refractivity contribution in [2.24, 2.45) is 0 Å². The lowest BCUT2D eigenvalue weighted by molar-refractivity contribution is -0.224. The van der Waals surface area contributed by atoms with Crippen LogP contribution in [0.1, 0.15) is 66.2 Å². The number of unbranched alkanes of at least 4 members (excludes halogenated alkanes) is 4. The number of hydrogen-bond donors (Lipinski definition) is 0. The SMILES string of the molecule is C=CCOc1ccc(-c2ccc(C(=O)Oc3ccc(C(=O)OCCC(OCCCCCCC)C(F)(F)F)cc3)cc2)cc1. The minimum Gasteiger partial charge on any atom is -0.490 e. The summed E-state index contributed by atoms with van der Waals surface area (Å²) in [7, 11) is 0. The van der Waals surface area contributed by atoms with E-state index in [1.165, 1.54) is 24.3 Å². The minimum atomic E-state index is -4.55. The molecule has 6 nitrogen and oxygen atoms in total. The van der Waals surface area contributed by atoms with Crippen molar-refractivity contribution < 1.29 is 41.7 Å². The van der Waals surface area contributed by atoms with Gasteiger partial charge in [-0.3, -0.25) is 0 Å². The van der Waals surface area contributed by atoms with E-state index in [-0.39, 0.29) is 17.9 Å². The molecule has 0 bridgehead atoms. The number of carbonyl (C=O) groups is 2. The van der Waals surface area contributed by atoms with Crippen LogP contribution in [0.2, 0.25) is 0 Å². The van der Waals surface area contributed by atoms with Crippen LogP contribution in [0.4, 0.5) is 13.2 Å². The third kappa shape index (κ3) is 11.2. The standard InChI is InChI=1S/C34H37F3O6/c1-3-5-6-7-8-23-41-31(34(35,36)37)21-24-42-32(38)27-15-19-30(20-16-27)43-33(39)28-11-9-25(10-12-28)26-13-17-29(18-14-26)40-22-4-2/h4,9-20,31H,2-3,5-8,21-24H2,1H3. The molecule has 3 rings (SSSR count). The number of halogens is 3. The van der Waals surface area contributed by atoms with Gasteiger partial charge in [0, 0.05) is 13.0 Å². The lowest BCUT2D eigenvalue weighted by atomic mass is 10.0. The first kappa shape index (κ1) is 33.4. The Kier molecular flexibility index (Phi) is 13.3. The Morgan fingerprint density at radius 3 is 1.93 bits per heavy atom. The molecule has 0 saturated carbocycles.